The number of aryl methyl sites for hydroxylation is 1. The van der Waals surface area contributed by atoms with E-state index < -0.39 is 0 Å². The lowest BCUT2D eigenvalue weighted by Gasteiger charge is -2.37. The van der Waals surface area contributed by atoms with Crippen LogP contribution in [0.4, 0.5) is 0 Å². The van der Waals surface area contributed by atoms with Crippen molar-refractivity contribution in [3.63, 3.8) is 0 Å². The number of thiophene rings is 1. The third-order valence-electron chi connectivity index (χ3n) is 6.80. The molecule has 7 heteroatoms. The monoisotopic (exact) mass is 508 g/mol. The SMILES string of the molecule is Cc1ccccc1C(=O)N(CC(=O)N1CCc2sccc2C1COc1ccc(Cl)cc1)CC1CC1. The first-order valence-electron chi connectivity index (χ1n) is 12.1. The summed E-state index contributed by atoms with van der Waals surface area (Å²) >= 11 is 7.73. The van der Waals surface area contributed by atoms with Crippen molar-refractivity contribution < 1.29 is 14.3 Å². The fourth-order valence-electron chi connectivity index (χ4n) is 4.65. The van der Waals surface area contributed by atoms with E-state index in [2.05, 4.69) is 11.4 Å². The number of amides is 2. The Morgan fingerprint density at radius 2 is 1.89 bits per heavy atom. The number of benzene rings is 2. The van der Waals surface area contributed by atoms with E-state index in [9.17, 15) is 9.59 Å². The molecule has 1 fully saturated rings. The van der Waals surface area contributed by atoms with E-state index in [1.54, 1.807) is 28.4 Å². The number of halogens is 1. The van der Waals surface area contributed by atoms with Gasteiger partial charge < -0.3 is 14.5 Å². The number of carbonyl (C=O) groups is 2. The average Bonchev–Trinajstić information content (AvgIpc) is 3.55. The lowest BCUT2D eigenvalue weighted by molar-refractivity contribution is -0.135. The molecule has 0 saturated heterocycles. The Balaban J connectivity index is 1.34. The molecule has 35 heavy (non-hydrogen) atoms. The summed E-state index contributed by atoms with van der Waals surface area (Å²) in [4.78, 5) is 32.1. The Hall–Kier alpha value is -2.83. The van der Waals surface area contributed by atoms with Crippen LogP contribution in [-0.4, -0.2) is 47.9 Å². The van der Waals surface area contributed by atoms with E-state index in [0.717, 1.165) is 30.4 Å². The summed E-state index contributed by atoms with van der Waals surface area (Å²) in [6.07, 6.45) is 3.06. The quantitative estimate of drug-likeness (QED) is 0.388. The van der Waals surface area contributed by atoms with Gasteiger partial charge in [-0.2, -0.15) is 0 Å². The van der Waals surface area contributed by atoms with Crippen LogP contribution in [0.15, 0.2) is 60.0 Å². The molecule has 2 heterocycles. The Bertz CT molecular complexity index is 1200. The Morgan fingerprint density at radius 3 is 2.63 bits per heavy atom. The molecule has 2 aromatic carbocycles. The van der Waals surface area contributed by atoms with Crippen molar-refractivity contribution in [2.45, 2.75) is 32.2 Å². The van der Waals surface area contributed by atoms with Crippen molar-refractivity contribution in [1.29, 1.82) is 0 Å². The smallest absolute Gasteiger partial charge is 0.254 e. The van der Waals surface area contributed by atoms with Crippen molar-refractivity contribution in [2.75, 3.05) is 26.2 Å². The zero-order chi connectivity index (χ0) is 24.4. The summed E-state index contributed by atoms with van der Waals surface area (Å²) in [6, 6.07) is 16.8. The highest BCUT2D eigenvalue weighted by molar-refractivity contribution is 7.10. The van der Waals surface area contributed by atoms with Crippen LogP contribution in [0.25, 0.3) is 0 Å². The molecular formula is C28H29ClN2O3S. The van der Waals surface area contributed by atoms with Crippen molar-refractivity contribution in [3.05, 3.63) is 86.6 Å². The predicted molar refractivity (Wildman–Crippen MR) is 139 cm³/mol. The van der Waals surface area contributed by atoms with Crippen LogP contribution in [0.2, 0.25) is 5.02 Å². The molecule has 1 aliphatic heterocycles. The number of hydrogen-bond donors (Lipinski definition) is 0. The highest BCUT2D eigenvalue weighted by Gasteiger charge is 2.35. The summed E-state index contributed by atoms with van der Waals surface area (Å²) in [7, 11) is 0. The molecule has 1 unspecified atom stereocenters. The Kier molecular flexibility index (Phi) is 7.12. The first kappa shape index (κ1) is 23.9. The molecule has 0 bridgehead atoms. The van der Waals surface area contributed by atoms with Gasteiger partial charge in [-0.05, 0) is 85.0 Å². The summed E-state index contributed by atoms with van der Waals surface area (Å²) in [5, 5.41) is 2.73. The fraction of sp³-hybridized carbons (Fsp3) is 0.357. The Morgan fingerprint density at radius 1 is 1.11 bits per heavy atom. The van der Waals surface area contributed by atoms with Crippen LogP contribution in [0.5, 0.6) is 5.75 Å². The van der Waals surface area contributed by atoms with Crippen molar-refractivity contribution in [2.24, 2.45) is 5.92 Å². The van der Waals surface area contributed by atoms with Gasteiger partial charge >= 0.3 is 0 Å². The summed E-state index contributed by atoms with van der Waals surface area (Å²) < 4.78 is 6.09. The molecule has 182 valence electrons. The summed E-state index contributed by atoms with van der Waals surface area (Å²) in [5.41, 5.74) is 2.74. The molecule has 0 spiro atoms. The molecule has 2 amide bonds. The molecule has 5 nitrogen and oxygen atoms in total. The van der Waals surface area contributed by atoms with Crippen LogP contribution in [0, 0.1) is 12.8 Å². The standard InChI is InChI=1S/C28H29ClN2O3S/c1-19-4-2-3-5-23(19)28(33)30(16-20-6-7-20)17-27(32)31-14-12-26-24(13-15-35-26)25(31)18-34-22-10-8-21(29)9-11-22/h2-5,8-11,13,15,20,25H,6-7,12,14,16-18H2,1H3. The maximum Gasteiger partial charge on any atom is 0.254 e. The van der Waals surface area contributed by atoms with Crippen LogP contribution < -0.4 is 4.74 Å². The first-order valence-corrected chi connectivity index (χ1v) is 13.3. The minimum atomic E-state index is -0.190. The number of hydrogen-bond acceptors (Lipinski definition) is 4. The van der Waals surface area contributed by atoms with E-state index in [1.165, 1.54) is 4.88 Å². The number of carbonyl (C=O) groups excluding carboxylic acids is 2. The molecule has 1 atom stereocenters. The minimum Gasteiger partial charge on any atom is -0.491 e. The highest BCUT2D eigenvalue weighted by atomic mass is 35.5. The van der Waals surface area contributed by atoms with Gasteiger partial charge in [-0.1, -0.05) is 29.8 Å². The van der Waals surface area contributed by atoms with Crippen molar-refractivity contribution in [3.8, 4) is 5.75 Å². The second-order valence-corrected chi connectivity index (χ2v) is 10.8. The largest absolute Gasteiger partial charge is 0.491 e. The maximum atomic E-state index is 13.7. The Labute approximate surface area is 215 Å². The van der Waals surface area contributed by atoms with Crippen molar-refractivity contribution >= 4 is 34.8 Å². The van der Waals surface area contributed by atoms with E-state index in [4.69, 9.17) is 16.3 Å². The van der Waals surface area contributed by atoms with Gasteiger partial charge in [0.1, 0.15) is 18.9 Å². The van der Waals surface area contributed by atoms with Gasteiger partial charge in [0.2, 0.25) is 5.91 Å². The van der Waals surface area contributed by atoms with Gasteiger partial charge in [-0.15, -0.1) is 11.3 Å². The van der Waals surface area contributed by atoms with Crippen molar-refractivity contribution in [1.82, 2.24) is 9.80 Å². The third kappa shape index (κ3) is 5.54. The second kappa shape index (κ2) is 10.4. The second-order valence-electron chi connectivity index (χ2n) is 9.36. The van der Waals surface area contributed by atoms with Crippen LogP contribution >= 0.6 is 22.9 Å². The van der Waals surface area contributed by atoms with Gasteiger partial charge in [0.25, 0.3) is 5.91 Å². The molecule has 1 aliphatic carbocycles. The highest BCUT2D eigenvalue weighted by Crippen LogP contribution is 2.35. The normalized spacial score (nSPS) is 17.1. The van der Waals surface area contributed by atoms with Crippen LogP contribution in [-0.2, 0) is 11.2 Å². The number of nitrogens with zero attached hydrogens (tertiary/aromatic N) is 2. The van der Waals surface area contributed by atoms with E-state index in [-0.39, 0.29) is 24.4 Å². The zero-order valence-corrected chi connectivity index (χ0v) is 21.4. The minimum absolute atomic E-state index is 0.0332. The molecule has 0 radical (unpaired) electrons. The molecule has 3 aromatic rings. The number of fused-ring (bicyclic) bond motifs is 1. The van der Waals surface area contributed by atoms with E-state index in [0.29, 0.717) is 41.9 Å². The third-order valence-corrected chi connectivity index (χ3v) is 8.05. The maximum absolute atomic E-state index is 13.7. The molecule has 1 aromatic heterocycles. The van der Waals surface area contributed by atoms with Gasteiger partial charge in [-0.3, -0.25) is 9.59 Å². The lowest BCUT2D eigenvalue weighted by atomic mass is 10.00. The average molecular weight is 509 g/mol. The van der Waals surface area contributed by atoms with E-state index in [1.807, 2.05) is 48.2 Å². The predicted octanol–water partition coefficient (Wildman–Crippen LogP) is 5.77. The first-order chi connectivity index (χ1) is 17.0. The van der Waals surface area contributed by atoms with E-state index >= 15 is 0 Å². The van der Waals surface area contributed by atoms with Crippen LogP contribution in [0.3, 0.4) is 0 Å². The summed E-state index contributed by atoms with van der Waals surface area (Å²) in [6.45, 7) is 3.63. The van der Waals surface area contributed by atoms with Gasteiger partial charge in [0.05, 0.1) is 6.04 Å². The topological polar surface area (TPSA) is 49.9 Å². The zero-order valence-electron chi connectivity index (χ0n) is 19.8. The van der Waals surface area contributed by atoms with Gasteiger partial charge in [0.15, 0.2) is 0 Å². The fourth-order valence-corrected chi connectivity index (χ4v) is 5.70. The van der Waals surface area contributed by atoms with Gasteiger partial charge in [0, 0.05) is 28.6 Å². The molecule has 5 rings (SSSR count). The lowest BCUT2D eigenvalue weighted by Crippen LogP contribution is -2.48. The summed E-state index contributed by atoms with van der Waals surface area (Å²) in [5.74, 6) is 1.11. The molecule has 0 N–H and O–H groups in total. The molecular weight excluding hydrogens is 480 g/mol. The molecule has 1 saturated carbocycles. The van der Waals surface area contributed by atoms with Gasteiger partial charge in [-0.25, -0.2) is 0 Å². The van der Waals surface area contributed by atoms with Crippen LogP contribution in [0.1, 0.15) is 45.2 Å². The number of ether oxygens (including phenoxy) is 1. The number of rotatable bonds is 8. The molecule has 2 aliphatic rings.